The molecule has 92 valence electrons. The topological polar surface area (TPSA) is 0 Å². The Labute approximate surface area is 111 Å². The molecule has 0 N–H and O–H groups in total. The third-order valence-corrected chi connectivity index (χ3v) is 6.05. The van der Waals surface area contributed by atoms with Gasteiger partial charge in [-0.1, -0.05) is 38.1 Å². The van der Waals surface area contributed by atoms with E-state index in [1.165, 1.54) is 21.9 Å². The minimum atomic E-state index is 0.254. The monoisotopic (exact) mass is 255 g/mol. The summed E-state index contributed by atoms with van der Waals surface area (Å²) >= 11 is 0. The molecule has 0 saturated carbocycles. The summed E-state index contributed by atoms with van der Waals surface area (Å²) in [4.78, 5) is 0. The van der Waals surface area contributed by atoms with Crippen molar-refractivity contribution in [3.63, 3.8) is 0 Å². The number of hydrogen-bond donors (Lipinski definition) is 0. The number of rotatable bonds is 2. The van der Waals surface area contributed by atoms with Crippen molar-refractivity contribution in [3.8, 4) is 0 Å². The van der Waals surface area contributed by atoms with Crippen molar-refractivity contribution < 1.29 is 0 Å². The molecule has 0 bridgehead atoms. The van der Waals surface area contributed by atoms with Crippen LogP contribution in [0.25, 0.3) is 20.2 Å². The quantitative estimate of drug-likeness (QED) is 0.537. The van der Waals surface area contributed by atoms with Crippen LogP contribution in [0.3, 0.4) is 0 Å². The van der Waals surface area contributed by atoms with Gasteiger partial charge in [0, 0.05) is 21.9 Å². The second kappa shape index (κ2) is 4.40. The number of fused-ring (bicyclic) bond motifs is 3. The zero-order valence-corrected chi connectivity index (χ0v) is 12.1. The first kappa shape index (κ1) is 11.7. The van der Waals surface area contributed by atoms with E-state index in [4.69, 9.17) is 0 Å². The van der Waals surface area contributed by atoms with Gasteiger partial charge in [-0.05, 0) is 35.4 Å². The molecule has 1 heterocycles. The SMILES string of the molecule is CCc1cccc2c3cccc(CC)c3[s+](C)c12. The van der Waals surface area contributed by atoms with Gasteiger partial charge < -0.3 is 0 Å². The van der Waals surface area contributed by atoms with E-state index in [2.05, 4.69) is 56.5 Å². The average molecular weight is 255 g/mol. The number of thiophene rings is 1. The molecule has 0 saturated heterocycles. The van der Waals surface area contributed by atoms with Gasteiger partial charge in [-0.2, -0.15) is 0 Å². The second-order valence-electron chi connectivity index (χ2n) is 4.81. The fraction of sp³-hybridized carbons (Fsp3) is 0.294. The van der Waals surface area contributed by atoms with E-state index in [1.54, 1.807) is 9.40 Å². The maximum atomic E-state index is 2.39. The molecule has 0 amide bonds. The zero-order valence-electron chi connectivity index (χ0n) is 11.3. The molecule has 0 radical (unpaired) electrons. The summed E-state index contributed by atoms with van der Waals surface area (Å²) in [6.45, 7) is 4.52. The molecule has 0 fully saturated rings. The number of benzene rings is 2. The van der Waals surface area contributed by atoms with Crippen LogP contribution in [0.1, 0.15) is 25.0 Å². The normalized spacial score (nSPS) is 11.5. The summed E-state index contributed by atoms with van der Waals surface area (Å²) in [5, 5.41) is 2.95. The molecule has 3 aromatic rings. The third kappa shape index (κ3) is 1.50. The van der Waals surface area contributed by atoms with Crippen molar-refractivity contribution >= 4 is 30.6 Å². The van der Waals surface area contributed by atoms with Crippen LogP contribution >= 0.6 is 10.5 Å². The molecule has 0 spiro atoms. The second-order valence-corrected chi connectivity index (χ2v) is 6.64. The minimum absolute atomic E-state index is 0.254. The van der Waals surface area contributed by atoms with Crippen LogP contribution in [0.2, 0.25) is 0 Å². The Kier molecular flexibility index (Phi) is 2.87. The molecule has 0 nitrogen and oxygen atoms in total. The lowest BCUT2D eigenvalue weighted by molar-refractivity contribution is 1.16. The molecule has 0 aliphatic rings. The van der Waals surface area contributed by atoms with Crippen LogP contribution in [0, 0.1) is 0 Å². The van der Waals surface area contributed by atoms with Gasteiger partial charge in [-0.3, -0.25) is 0 Å². The summed E-state index contributed by atoms with van der Waals surface area (Å²) in [5.74, 6) is 0. The lowest BCUT2D eigenvalue weighted by Gasteiger charge is -1.95. The summed E-state index contributed by atoms with van der Waals surface area (Å²) in [6, 6.07) is 13.6. The van der Waals surface area contributed by atoms with E-state index in [0.29, 0.717) is 0 Å². The van der Waals surface area contributed by atoms with E-state index < -0.39 is 0 Å². The Hall–Kier alpha value is -1.34. The molecule has 0 unspecified atom stereocenters. The van der Waals surface area contributed by atoms with Crippen molar-refractivity contribution in [2.45, 2.75) is 26.7 Å². The zero-order chi connectivity index (χ0) is 12.7. The van der Waals surface area contributed by atoms with Crippen LogP contribution in [0.5, 0.6) is 0 Å². The van der Waals surface area contributed by atoms with Gasteiger partial charge in [0.2, 0.25) is 0 Å². The number of hydrogen-bond acceptors (Lipinski definition) is 0. The number of aryl methyl sites for hydroxylation is 3. The molecule has 0 aliphatic heterocycles. The van der Waals surface area contributed by atoms with Crippen molar-refractivity contribution in [3.05, 3.63) is 47.5 Å². The lowest BCUT2D eigenvalue weighted by Crippen LogP contribution is -1.79. The Balaban J connectivity index is 2.58. The van der Waals surface area contributed by atoms with Crippen molar-refractivity contribution in [2.75, 3.05) is 0 Å². The molecular formula is C17H19S+. The van der Waals surface area contributed by atoms with Gasteiger partial charge >= 0.3 is 0 Å². The van der Waals surface area contributed by atoms with Gasteiger partial charge in [-0.25, -0.2) is 0 Å². The Morgan fingerprint density at radius 1 is 0.778 bits per heavy atom. The molecule has 1 heteroatoms. The highest BCUT2D eigenvalue weighted by atomic mass is 32.2. The maximum Gasteiger partial charge on any atom is 0.184 e. The largest absolute Gasteiger partial charge is 0.184 e. The van der Waals surface area contributed by atoms with E-state index in [9.17, 15) is 0 Å². The predicted molar refractivity (Wildman–Crippen MR) is 83.7 cm³/mol. The summed E-state index contributed by atoms with van der Waals surface area (Å²) in [7, 11) is 0.254. The van der Waals surface area contributed by atoms with Gasteiger partial charge in [0.15, 0.2) is 9.40 Å². The molecular weight excluding hydrogens is 236 g/mol. The maximum absolute atomic E-state index is 2.39. The third-order valence-electron chi connectivity index (χ3n) is 3.86. The smallest absolute Gasteiger partial charge is 0.0611 e. The Morgan fingerprint density at radius 3 is 1.61 bits per heavy atom. The van der Waals surface area contributed by atoms with E-state index in [0.717, 1.165) is 12.8 Å². The first-order valence-electron chi connectivity index (χ1n) is 6.68. The molecule has 1 aromatic heterocycles. The Bertz CT molecular complexity index is 658. The molecule has 0 atom stereocenters. The average Bonchev–Trinajstić information content (AvgIpc) is 2.73. The predicted octanol–water partition coefficient (Wildman–Crippen LogP) is 5.40. The van der Waals surface area contributed by atoms with Crippen molar-refractivity contribution in [2.24, 2.45) is 6.26 Å². The van der Waals surface area contributed by atoms with Gasteiger partial charge in [-0.15, -0.1) is 0 Å². The fourth-order valence-corrected chi connectivity index (χ4v) is 5.41. The first-order valence-corrected chi connectivity index (χ1v) is 8.31. The molecule has 18 heavy (non-hydrogen) atoms. The van der Waals surface area contributed by atoms with E-state index in [1.807, 2.05) is 0 Å². The molecule has 3 rings (SSSR count). The molecule has 0 aliphatic carbocycles. The van der Waals surface area contributed by atoms with Gasteiger partial charge in [0.1, 0.15) is 6.26 Å². The molecule has 2 aromatic carbocycles. The van der Waals surface area contributed by atoms with Gasteiger partial charge in [0.25, 0.3) is 0 Å². The lowest BCUT2D eigenvalue weighted by atomic mass is 10.1. The highest BCUT2D eigenvalue weighted by Crippen LogP contribution is 2.44. The van der Waals surface area contributed by atoms with Crippen LogP contribution in [0.15, 0.2) is 36.4 Å². The summed E-state index contributed by atoms with van der Waals surface area (Å²) in [5.41, 5.74) is 3.05. The minimum Gasteiger partial charge on any atom is -0.0611 e. The van der Waals surface area contributed by atoms with Crippen LogP contribution in [0.4, 0.5) is 0 Å². The van der Waals surface area contributed by atoms with Crippen LogP contribution in [-0.4, -0.2) is 0 Å². The fourth-order valence-electron chi connectivity index (χ4n) is 2.98. The Morgan fingerprint density at radius 2 is 1.22 bits per heavy atom. The van der Waals surface area contributed by atoms with E-state index in [-0.39, 0.29) is 10.5 Å². The summed E-state index contributed by atoms with van der Waals surface area (Å²) in [6.07, 6.45) is 4.66. The first-order chi connectivity index (χ1) is 8.77. The summed E-state index contributed by atoms with van der Waals surface area (Å²) < 4.78 is 3.19. The van der Waals surface area contributed by atoms with Crippen molar-refractivity contribution in [1.82, 2.24) is 0 Å². The van der Waals surface area contributed by atoms with Crippen LogP contribution in [-0.2, 0) is 19.1 Å². The highest BCUT2D eigenvalue weighted by molar-refractivity contribution is 7.41. The van der Waals surface area contributed by atoms with E-state index >= 15 is 0 Å². The van der Waals surface area contributed by atoms with Gasteiger partial charge in [0.05, 0.1) is 0 Å². The van der Waals surface area contributed by atoms with Crippen molar-refractivity contribution in [1.29, 1.82) is 0 Å². The standard InChI is InChI=1S/C17H19S/c1-4-12-8-6-10-14-15-11-7-9-13(5-2)17(15)18(3)16(12)14/h6-11H,4-5H2,1-3H3/q+1. The highest BCUT2D eigenvalue weighted by Gasteiger charge is 2.21. The van der Waals surface area contributed by atoms with Crippen LogP contribution < -0.4 is 0 Å².